The molecule has 4 aliphatic carbocycles. The fourth-order valence-corrected chi connectivity index (χ4v) is 6.16. The first-order valence-corrected chi connectivity index (χ1v) is 10.4. The monoisotopic (exact) mass is 380 g/mol. The summed E-state index contributed by atoms with van der Waals surface area (Å²) in [4.78, 5) is 25.8. The molecule has 1 N–H and O–H groups in total. The Hall–Kier alpha value is -1.10. The van der Waals surface area contributed by atoms with Crippen LogP contribution in [0.15, 0.2) is 0 Å². The van der Waals surface area contributed by atoms with Crippen LogP contribution in [0.4, 0.5) is 0 Å². The average Bonchev–Trinajstić information content (AvgIpc) is 2.37. The minimum atomic E-state index is -0.682. The molecule has 4 fully saturated rings. The number of aliphatic hydroxyl groups is 1. The van der Waals surface area contributed by atoms with E-state index in [0.29, 0.717) is 18.3 Å². The maximum absolute atomic E-state index is 13.2. The minimum absolute atomic E-state index is 0.0295. The van der Waals surface area contributed by atoms with Crippen molar-refractivity contribution in [2.45, 2.75) is 103 Å². The summed E-state index contributed by atoms with van der Waals surface area (Å²) in [5.74, 6) is -0.344. The van der Waals surface area contributed by atoms with Crippen LogP contribution in [0.5, 0.6) is 0 Å². The second kappa shape index (κ2) is 6.47. The van der Waals surface area contributed by atoms with Gasteiger partial charge in [-0.15, -0.1) is 0 Å². The maximum atomic E-state index is 13.2. The fourth-order valence-electron chi connectivity index (χ4n) is 6.16. The van der Waals surface area contributed by atoms with Crippen molar-refractivity contribution in [3.63, 3.8) is 0 Å². The Labute approximate surface area is 163 Å². The van der Waals surface area contributed by atoms with Crippen LogP contribution in [0.1, 0.15) is 86.5 Å². The molecule has 4 saturated carbocycles. The summed E-state index contributed by atoms with van der Waals surface area (Å²) in [7, 11) is 0. The van der Waals surface area contributed by atoms with Gasteiger partial charge in [-0.2, -0.15) is 0 Å². The van der Waals surface area contributed by atoms with E-state index in [1.807, 2.05) is 41.5 Å². The molecule has 0 saturated heterocycles. The van der Waals surface area contributed by atoms with E-state index in [1.54, 1.807) is 0 Å². The molecule has 0 heterocycles. The Bertz CT molecular complexity index is 595. The van der Waals surface area contributed by atoms with Crippen LogP contribution in [-0.2, 0) is 19.1 Å². The summed E-state index contributed by atoms with van der Waals surface area (Å²) in [6, 6.07) is 0. The minimum Gasteiger partial charge on any atom is -0.460 e. The standard InChI is InChI=1S/C22H36O5/c1-19(2,3)26-17(23)8-16(18(24)27-20(4,5)6)21-9-14-7-15(10-21)12-22(25,11-14)13-21/h14-16,25H,7-13H2,1-6H3. The number of hydrogen-bond donors (Lipinski definition) is 1. The van der Waals surface area contributed by atoms with Crippen LogP contribution >= 0.6 is 0 Å². The van der Waals surface area contributed by atoms with Crippen molar-refractivity contribution in [1.29, 1.82) is 0 Å². The molecule has 0 aliphatic heterocycles. The van der Waals surface area contributed by atoms with Crippen LogP contribution in [0.3, 0.4) is 0 Å². The third kappa shape index (κ3) is 4.67. The Morgan fingerprint density at radius 1 is 0.963 bits per heavy atom. The van der Waals surface area contributed by atoms with Crippen molar-refractivity contribution in [3.8, 4) is 0 Å². The first-order valence-electron chi connectivity index (χ1n) is 10.4. The molecule has 154 valence electrons. The third-order valence-corrected chi connectivity index (χ3v) is 6.30. The van der Waals surface area contributed by atoms with Gasteiger partial charge in [0.15, 0.2) is 0 Å². The highest BCUT2D eigenvalue weighted by molar-refractivity contribution is 5.81. The largest absolute Gasteiger partial charge is 0.460 e. The second-order valence-electron chi connectivity index (χ2n) is 11.4. The van der Waals surface area contributed by atoms with Gasteiger partial charge < -0.3 is 14.6 Å². The van der Waals surface area contributed by atoms with Gasteiger partial charge in [0.25, 0.3) is 0 Å². The van der Waals surface area contributed by atoms with Crippen LogP contribution in [0, 0.1) is 23.2 Å². The molecule has 0 radical (unpaired) electrons. The number of hydrogen-bond acceptors (Lipinski definition) is 5. The number of esters is 2. The van der Waals surface area contributed by atoms with Gasteiger partial charge in [0.1, 0.15) is 11.2 Å². The molecule has 3 atom stereocenters. The third-order valence-electron chi connectivity index (χ3n) is 6.30. The van der Waals surface area contributed by atoms with Crippen molar-refractivity contribution < 1.29 is 24.2 Å². The first kappa shape index (κ1) is 20.6. The van der Waals surface area contributed by atoms with Crippen LogP contribution in [0.25, 0.3) is 0 Å². The van der Waals surface area contributed by atoms with E-state index in [2.05, 4.69) is 0 Å². The van der Waals surface area contributed by atoms with Gasteiger partial charge in [-0.3, -0.25) is 9.59 Å². The smallest absolute Gasteiger partial charge is 0.310 e. The zero-order valence-corrected chi connectivity index (χ0v) is 17.8. The highest BCUT2D eigenvalue weighted by Crippen LogP contribution is 2.64. The predicted molar refractivity (Wildman–Crippen MR) is 102 cm³/mol. The highest BCUT2D eigenvalue weighted by Gasteiger charge is 2.61. The number of ether oxygens (including phenoxy) is 2. The van der Waals surface area contributed by atoms with E-state index in [9.17, 15) is 14.7 Å². The van der Waals surface area contributed by atoms with E-state index in [1.165, 1.54) is 0 Å². The van der Waals surface area contributed by atoms with Gasteiger partial charge in [-0.1, -0.05) is 0 Å². The molecule has 27 heavy (non-hydrogen) atoms. The summed E-state index contributed by atoms with van der Waals surface area (Å²) in [6.07, 6.45) is 5.23. The number of carbonyl (C=O) groups is 2. The SMILES string of the molecule is CC(C)(C)OC(=O)CC(C(=O)OC(C)(C)C)C12CC3CC(CC(O)(C3)C1)C2. The van der Waals surface area contributed by atoms with Crippen molar-refractivity contribution in [1.82, 2.24) is 0 Å². The van der Waals surface area contributed by atoms with Gasteiger partial charge in [0.05, 0.1) is 17.9 Å². The molecule has 0 aromatic heterocycles. The van der Waals surface area contributed by atoms with Crippen molar-refractivity contribution in [3.05, 3.63) is 0 Å². The molecular weight excluding hydrogens is 344 g/mol. The molecular formula is C22H36O5. The molecule has 0 spiro atoms. The highest BCUT2D eigenvalue weighted by atomic mass is 16.6. The average molecular weight is 381 g/mol. The van der Waals surface area contributed by atoms with Gasteiger partial charge in [0.2, 0.25) is 0 Å². The predicted octanol–water partition coefficient (Wildman–Crippen LogP) is 4.01. The van der Waals surface area contributed by atoms with Crippen LogP contribution < -0.4 is 0 Å². The van der Waals surface area contributed by atoms with Crippen molar-refractivity contribution >= 4 is 11.9 Å². The lowest BCUT2D eigenvalue weighted by Gasteiger charge is -2.62. The van der Waals surface area contributed by atoms with Gasteiger partial charge in [-0.25, -0.2) is 0 Å². The molecule has 4 rings (SSSR count). The Kier molecular flexibility index (Phi) is 4.94. The quantitative estimate of drug-likeness (QED) is 0.746. The normalized spacial score (nSPS) is 36.4. The summed E-state index contributed by atoms with van der Waals surface area (Å²) in [6.45, 7) is 11.1. The number of rotatable bonds is 4. The van der Waals surface area contributed by atoms with Crippen molar-refractivity contribution in [2.24, 2.45) is 23.2 Å². The molecule has 3 unspecified atom stereocenters. The lowest BCUT2D eigenvalue weighted by atomic mass is 9.44. The van der Waals surface area contributed by atoms with Crippen LogP contribution in [0.2, 0.25) is 0 Å². The van der Waals surface area contributed by atoms with E-state index in [0.717, 1.165) is 32.1 Å². The molecule has 0 aromatic rings. The zero-order chi connectivity index (χ0) is 20.3. The van der Waals surface area contributed by atoms with E-state index >= 15 is 0 Å². The van der Waals surface area contributed by atoms with Crippen molar-refractivity contribution in [2.75, 3.05) is 0 Å². The van der Waals surface area contributed by atoms with E-state index in [4.69, 9.17) is 9.47 Å². The van der Waals surface area contributed by atoms with Gasteiger partial charge in [0, 0.05) is 0 Å². The maximum Gasteiger partial charge on any atom is 0.310 e. The van der Waals surface area contributed by atoms with Gasteiger partial charge >= 0.3 is 11.9 Å². The molecule has 0 amide bonds. The van der Waals surface area contributed by atoms with E-state index in [-0.39, 0.29) is 23.8 Å². The molecule has 4 aliphatic rings. The molecule has 0 aromatic carbocycles. The van der Waals surface area contributed by atoms with Crippen LogP contribution in [-0.4, -0.2) is 33.8 Å². The summed E-state index contributed by atoms with van der Waals surface area (Å²) in [5, 5.41) is 11.1. The summed E-state index contributed by atoms with van der Waals surface area (Å²) < 4.78 is 11.3. The second-order valence-corrected chi connectivity index (χ2v) is 11.4. The summed E-state index contributed by atoms with van der Waals surface area (Å²) in [5.41, 5.74) is -2.23. The topological polar surface area (TPSA) is 72.8 Å². The Morgan fingerprint density at radius 2 is 1.48 bits per heavy atom. The number of carbonyl (C=O) groups excluding carboxylic acids is 2. The van der Waals surface area contributed by atoms with E-state index < -0.39 is 22.7 Å². The zero-order valence-electron chi connectivity index (χ0n) is 17.8. The van der Waals surface area contributed by atoms with Gasteiger partial charge in [-0.05, 0) is 97.3 Å². The summed E-state index contributed by atoms with van der Waals surface area (Å²) >= 11 is 0. The Morgan fingerprint density at radius 3 is 1.93 bits per heavy atom. The molecule has 5 nitrogen and oxygen atoms in total. The fraction of sp³-hybridized carbons (Fsp3) is 0.909. The first-order chi connectivity index (χ1) is 12.2. The lowest BCUT2D eigenvalue weighted by Crippen LogP contribution is -2.59. The molecule has 4 bridgehead atoms. The molecule has 5 heteroatoms. The lowest BCUT2D eigenvalue weighted by molar-refractivity contribution is -0.202. The Balaban J connectivity index is 1.87.